The zero-order valence-electron chi connectivity index (χ0n) is 9.93. The molecule has 1 aromatic heterocycles. The first-order chi connectivity index (χ1) is 8.20. The topological polar surface area (TPSA) is 65.7 Å². The highest BCUT2D eigenvalue weighted by Crippen LogP contribution is 2.13. The van der Waals surface area contributed by atoms with Gasteiger partial charge in [0.1, 0.15) is 5.76 Å². The van der Waals surface area contributed by atoms with Gasteiger partial charge in [0.05, 0.1) is 18.8 Å². The summed E-state index contributed by atoms with van der Waals surface area (Å²) in [5, 5.41) is 12.1. The van der Waals surface area contributed by atoms with E-state index in [2.05, 4.69) is 5.32 Å². The summed E-state index contributed by atoms with van der Waals surface area (Å²) in [5.74, 6) is 0.823. The average molecular weight is 238 g/mol. The lowest BCUT2D eigenvalue weighted by atomic mass is 10.1. The minimum absolute atomic E-state index is 0.0186. The van der Waals surface area contributed by atoms with Crippen LogP contribution in [0.1, 0.15) is 19.1 Å². The van der Waals surface area contributed by atoms with E-state index in [-0.39, 0.29) is 24.6 Å². The fourth-order valence-corrected chi connectivity index (χ4v) is 2.18. The van der Waals surface area contributed by atoms with Gasteiger partial charge in [-0.2, -0.15) is 0 Å². The van der Waals surface area contributed by atoms with Crippen LogP contribution in [0, 0.1) is 0 Å². The van der Waals surface area contributed by atoms with E-state index in [0.29, 0.717) is 19.5 Å². The lowest BCUT2D eigenvalue weighted by Gasteiger charge is -2.36. The summed E-state index contributed by atoms with van der Waals surface area (Å²) in [6, 6.07) is 3.63. The fraction of sp³-hybridized carbons (Fsp3) is 0.583. The number of aliphatic hydroxyl groups is 1. The maximum absolute atomic E-state index is 12.1. The largest absolute Gasteiger partial charge is 0.467 e. The molecule has 0 saturated carbocycles. The van der Waals surface area contributed by atoms with E-state index in [1.165, 1.54) is 0 Å². The summed E-state index contributed by atoms with van der Waals surface area (Å²) >= 11 is 0. The van der Waals surface area contributed by atoms with E-state index in [4.69, 9.17) is 9.52 Å². The molecule has 2 atom stereocenters. The zero-order valence-corrected chi connectivity index (χ0v) is 9.93. The van der Waals surface area contributed by atoms with Crippen LogP contribution in [0.4, 0.5) is 0 Å². The number of hydrogen-bond donors (Lipinski definition) is 2. The molecule has 5 heteroatoms. The number of furan rings is 1. The SMILES string of the molecule is CC1CN(Cc2ccco2)C(=O)C(CCO)N1. The molecule has 1 saturated heterocycles. The third-order valence-corrected chi connectivity index (χ3v) is 2.93. The van der Waals surface area contributed by atoms with Crippen molar-refractivity contribution in [3.8, 4) is 0 Å². The van der Waals surface area contributed by atoms with Crippen molar-refractivity contribution in [2.45, 2.75) is 32.0 Å². The monoisotopic (exact) mass is 238 g/mol. The Kier molecular flexibility index (Phi) is 3.81. The molecule has 1 aromatic rings. The van der Waals surface area contributed by atoms with Crippen LogP contribution >= 0.6 is 0 Å². The van der Waals surface area contributed by atoms with Crippen molar-refractivity contribution in [2.75, 3.05) is 13.2 Å². The molecule has 1 aliphatic rings. The first-order valence-electron chi connectivity index (χ1n) is 5.89. The van der Waals surface area contributed by atoms with Crippen LogP contribution in [0.3, 0.4) is 0 Å². The van der Waals surface area contributed by atoms with Gasteiger partial charge in [-0.1, -0.05) is 0 Å². The Morgan fingerprint density at radius 3 is 3.12 bits per heavy atom. The Morgan fingerprint density at radius 1 is 1.65 bits per heavy atom. The second kappa shape index (κ2) is 5.33. The standard InChI is InChI=1S/C12H18N2O3/c1-9-7-14(8-10-3-2-6-17-10)12(16)11(13-9)4-5-15/h2-3,6,9,11,13,15H,4-5,7-8H2,1H3. The molecule has 1 amide bonds. The second-order valence-corrected chi connectivity index (χ2v) is 4.43. The molecule has 0 spiro atoms. The van der Waals surface area contributed by atoms with E-state index in [1.807, 2.05) is 19.1 Å². The Morgan fingerprint density at radius 2 is 2.47 bits per heavy atom. The van der Waals surface area contributed by atoms with E-state index < -0.39 is 0 Å². The summed E-state index contributed by atoms with van der Waals surface area (Å²) in [6.45, 7) is 3.22. The highest BCUT2D eigenvalue weighted by atomic mass is 16.3. The third kappa shape index (κ3) is 2.87. The molecule has 2 rings (SSSR count). The molecule has 0 aromatic carbocycles. The Bertz CT molecular complexity index is 364. The smallest absolute Gasteiger partial charge is 0.240 e. The van der Waals surface area contributed by atoms with Crippen molar-refractivity contribution in [1.82, 2.24) is 10.2 Å². The number of rotatable bonds is 4. The van der Waals surface area contributed by atoms with Crippen LogP contribution < -0.4 is 5.32 Å². The normalized spacial score (nSPS) is 25.3. The predicted octanol–water partition coefficient (Wildman–Crippen LogP) is 0.351. The van der Waals surface area contributed by atoms with Crippen molar-refractivity contribution in [3.63, 3.8) is 0 Å². The van der Waals surface area contributed by atoms with Gasteiger partial charge in [-0.25, -0.2) is 0 Å². The van der Waals surface area contributed by atoms with Crippen molar-refractivity contribution in [1.29, 1.82) is 0 Å². The Hall–Kier alpha value is -1.33. The molecule has 0 radical (unpaired) electrons. The lowest BCUT2D eigenvalue weighted by molar-refractivity contribution is -0.138. The van der Waals surface area contributed by atoms with Crippen molar-refractivity contribution in [3.05, 3.63) is 24.2 Å². The van der Waals surface area contributed by atoms with Gasteiger partial charge in [-0.15, -0.1) is 0 Å². The molecule has 17 heavy (non-hydrogen) atoms. The van der Waals surface area contributed by atoms with Crippen LogP contribution in [-0.2, 0) is 11.3 Å². The molecule has 2 unspecified atom stereocenters. The van der Waals surface area contributed by atoms with E-state index in [9.17, 15) is 4.79 Å². The van der Waals surface area contributed by atoms with Crippen molar-refractivity contribution < 1.29 is 14.3 Å². The molecular weight excluding hydrogens is 220 g/mol. The molecule has 1 fully saturated rings. The quantitative estimate of drug-likeness (QED) is 0.794. The number of nitrogens with zero attached hydrogens (tertiary/aromatic N) is 1. The summed E-state index contributed by atoms with van der Waals surface area (Å²) < 4.78 is 5.25. The lowest BCUT2D eigenvalue weighted by Crippen LogP contribution is -2.58. The minimum Gasteiger partial charge on any atom is -0.467 e. The molecule has 0 aliphatic carbocycles. The van der Waals surface area contributed by atoms with Gasteiger partial charge in [0.2, 0.25) is 5.91 Å². The van der Waals surface area contributed by atoms with E-state index in [0.717, 1.165) is 5.76 Å². The van der Waals surface area contributed by atoms with Gasteiger partial charge >= 0.3 is 0 Å². The number of nitrogens with one attached hydrogen (secondary N) is 1. The Balaban J connectivity index is 2.02. The highest BCUT2D eigenvalue weighted by molar-refractivity contribution is 5.82. The van der Waals surface area contributed by atoms with Crippen LogP contribution in [0.15, 0.2) is 22.8 Å². The van der Waals surface area contributed by atoms with Crippen molar-refractivity contribution in [2.24, 2.45) is 0 Å². The fourth-order valence-electron chi connectivity index (χ4n) is 2.18. The van der Waals surface area contributed by atoms with Crippen LogP contribution in [-0.4, -0.2) is 41.1 Å². The molecule has 2 heterocycles. The van der Waals surface area contributed by atoms with Gasteiger partial charge in [0, 0.05) is 19.2 Å². The van der Waals surface area contributed by atoms with Gasteiger partial charge in [0.15, 0.2) is 0 Å². The molecule has 0 bridgehead atoms. The predicted molar refractivity (Wildman–Crippen MR) is 62.2 cm³/mol. The average Bonchev–Trinajstić information content (AvgIpc) is 2.78. The Labute approximate surface area is 100 Å². The van der Waals surface area contributed by atoms with Gasteiger partial charge in [-0.05, 0) is 25.5 Å². The third-order valence-electron chi connectivity index (χ3n) is 2.93. The molecule has 1 aliphatic heterocycles. The number of amides is 1. The minimum atomic E-state index is -0.279. The van der Waals surface area contributed by atoms with E-state index in [1.54, 1.807) is 11.2 Å². The van der Waals surface area contributed by atoms with Crippen LogP contribution in [0.2, 0.25) is 0 Å². The van der Waals surface area contributed by atoms with Crippen LogP contribution in [0.25, 0.3) is 0 Å². The van der Waals surface area contributed by atoms with Crippen molar-refractivity contribution >= 4 is 5.91 Å². The maximum Gasteiger partial charge on any atom is 0.240 e. The second-order valence-electron chi connectivity index (χ2n) is 4.43. The molecular formula is C12H18N2O3. The zero-order chi connectivity index (χ0) is 12.3. The van der Waals surface area contributed by atoms with Gasteiger partial charge in [0.25, 0.3) is 0 Å². The van der Waals surface area contributed by atoms with E-state index >= 15 is 0 Å². The molecule has 2 N–H and O–H groups in total. The first-order valence-corrected chi connectivity index (χ1v) is 5.89. The summed E-state index contributed by atoms with van der Waals surface area (Å²) in [7, 11) is 0. The summed E-state index contributed by atoms with van der Waals surface area (Å²) in [4.78, 5) is 13.9. The summed E-state index contributed by atoms with van der Waals surface area (Å²) in [6.07, 6.45) is 2.06. The van der Waals surface area contributed by atoms with Gasteiger partial charge in [-0.3, -0.25) is 4.79 Å². The molecule has 94 valence electrons. The highest BCUT2D eigenvalue weighted by Gasteiger charge is 2.31. The summed E-state index contributed by atoms with van der Waals surface area (Å²) in [5.41, 5.74) is 0. The van der Waals surface area contributed by atoms with Crippen LogP contribution in [0.5, 0.6) is 0 Å². The number of carbonyl (C=O) groups is 1. The molecule has 5 nitrogen and oxygen atoms in total. The first kappa shape index (κ1) is 12.1. The number of hydrogen-bond acceptors (Lipinski definition) is 4. The maximum atomic E-state index is 12.1. The number of carbonyl (C=O) groups excluding carboxylic acids is 1. The number of piperazine rings is 1. The van der Waals surface area contributed by atoms with Gasteiger partial charge < -0.3 is 19.7 Å². The number of aliphatic hydroxyl groups excluding tert-OH is 1.